The zero-order valence-corrected chi connectivity index (χ0v) is 23.7. The van der Waals surface area contributed by atoms with Gasteiger partial charge < -0.3 is 35.1 Å². The van der Waals surface area contributed by atoms with Gasteiger partial charge in [0.15, 0.2) is 32.8 Å². The molecule has 15 nitrogen and oxygen atoms in total. The Morgan fingerprint density at radius 3 is 2.33 bits per heavy atom. The molecule has 0 unspecified atom stereocenters. The summed E-state index contributed by atoms with van der Waals surface area (Å²) in [5, 5.41) is 17.8. The van der Waals surface area contributed by atoms with E-state index in [2.05, 4.69) is 14.9 Å². The Kier molecular flexibility index (Phi) is 11.4. The van der Waals surface area contributed by atoms with E-state index < -0.39 is 57.5 Å². The van der Waals surface area contributed by atoms with E-state index in [1.54, 1.807) is 0 Å². The van der Waals surface area contributed by atoms with E-state index in [4.69, 9.17) is 10.6 Å². The van der Waals surface area contributed by atoms with Gasteiger partial charge in [-0.3, -0.25) is 9.59 Å². The van der Waals surface area contributed by atoms with Crippen molar-refractivity contribution in [1.82, 2.24) is 14.6 Å². The van der Waals surface area contributed by atoms with Gasteiger partial charge >= 0.3 is 65.1 Å². The average molecular weight is 523 g/mol. The van der Waals surface area contributed by atoms with Crippen molar-refractivity contribution in [2.45, 2.75) is 31.5 Å². The molecular weight excluding hydrogens is 508 g/mol. The summed E-state index contributed by atoms with van der Waals surface area (Å²) in [7, 11) is -4.49. The quantitative estimate of drug-likeness (QED) is 0.0807. The van der Waals surface area contributed by atoms with Crippen LogP contribution in [0.15, 0.2) is 10.5 Å². The van der Waals surface area contributed by atoms with E-state index in [0.717, 1.165) is 32.3 Å². The van der Waals surface area contributed by atoms with Gasteiger partial charge in [0.2, 0.25) is 0 Å². The van der Waals surface area contributed by atoms with Gasteiger partial charge in [-0.1, -0.05) is 5.16 Å². The van der Waals surface area contributed by atoms with Crippen molar-refractivity contribution in [2.75, 3.05) is 12.8 Å². The van der Waals surface area contributed by atoms with E-state index in [0.29, 0.717) is 0 Å². The number of thiazole rings is 1. The number of esters is 1. The SMILES string of the molecule is COC(=O)[C@@H]1[C@@H](NC(=O)C(=NOC(C)(C)C(=O)[O-])c2csc(N)n2)C(=O)N1S(=O)(=O)[O-].[Na+].[Na+]. The number of ether oxygens (including phenoxy) is 1. The number of carboxylic acid groups (broad SMARTS) is 1. The molecule has 1 aromatic rings. The number of nitrogens with two attached hydrogens (primary N) is 1. The number of anilines is 1. The Morgan fingerprint density at radius 1 is 1.33 bits per heavy atom. The van der Waals surface area contributed by atoms with Crippen LogP contribution in [0, 0.1) is 0 Å². The Balaban J connectivity index is 0.00000512. The van der Waals surface area contributed by atoms with Crippen molar-refractivity contribution in [2.24, 2.45) is 5.16 Å². The van der Waals surface area contributed by atoms with Crippen molar-refractivity contribution < 1.29 is 106 Å². The van der Waals surface area contributed by atoms with Crippen molar-refractivity contribution >= 4 is 56.2 Å². The number of carbonyl (C=O) groups is 4. The minimum Gasteiger partial charge on any atom is -0.731 e. The standard InChI is InChI=1S/C14H17N5O10S2.2Na/c1-14(2,12(23)24)29-18-6(5-4-30-13(15)16-5)9(20)17-7-8(11(22)28-3)19(10(7)21)31(25,26)27;;/h4,7-8H,1-3H3,(H2,15,16)(H,17,20)(H,23,24)(H,25,26,27);;/q;2*+1/p-2/t7-,8+;;/m1../s1. The molecule has 19 heteroatoms. The van der Waals surface area contributed by atoms with Crippen molar-refractivity contribution in [3.63, 3.8) is 0 Å². The van der Waals surface area contributed by atoms with Gasteiger partial charge in [-0.2, -0.15) is 0 Å². The summed E-state index contributed by atoms with van der Waals surface area (Å²) in [6.45, 7) is 2.16. The minimum absolute atomic E-state index is 0. The summed E-state index contributed by atoms with van der Waals surface area (Å²) in [5.74, 6) is -5.55. The molecule has 0 spiro atoms. The minimum atomic E-state index is -5.37. The molecule has 3 N–H and O–H groups in total. The first-order valence-corrected chi connectivity index (χ1v) is 10.3. The fourth-order valence-electron chi connectivity index (χ4n) is 2.21. The normalized spacial score (nSPS) is 18.2. The van der Waals surface area contributed by atoms with Crippen LogP contribution in [0.25, 0.3) is 0 Å². The maximum Gasteiger partial charge on any atom is 1.00 e. The number of nitrogens with one attached hydrogen (secondary N) is 1. The molecule has 1 aliphatic heterocycles. The number of nitrogen functional groups attached to an aromatic ring is 1. The van der Waals surface area contributed by atoms with Crippen LogP contribution in [0.1, 0.15) is 19.5 Å². The predicted molar refractivity (Wildman–Crippen MR) is 97.5 cm³/mol. The van der Waals surface area contributed by atoms with Gasteiger partial charge in [-0.25, -0.2) is 22.5 Å². The van der Waals surface area contributed by atoms with Crippen LogP contribution in [0.4, 0.5) is 5.13 Å². The molecule has 2 rings (SSSR count). The fourth-order valence-corrected chi connectivity index (χ4v) is 3.58. The molecular formula is C14H15N5Na2O10S2. The Morgan fingerprint density at radius 2 is 1.91 bits per heavy atom. The third-order valence-corrected chi connectivity index (χ3v) is 5.42. The molecule has 0 aromatic carbocycles. The second-order valence-corrected chi connectivity index (χ2v) is 8.55. The maximum atomic E-state index is 12.7. The molecule has 1 fully saturated rings. The third kappa shape index (κ3) is 7.09. The zero-order chi connectivity index (χ0) is 23.7. The summed E-state index contributed by atoms with van der Waals surface area (Å²) < 4.78 is 37.8. The number of amides is 2. The molecule has 0 bridgehead atoms. The van der Waals surface area contributed by atoms with E-state index in [1.165, 1.54) is 5.38 Å². The first-order valence-electron chi connectivity index (χ1n) is 8.07. The van der Waals surface area contributed by atoms with Crippen LogP contribution >= 0.6 is 11.3 Å². The van der Waals surface area contributed by atoms with E-state index in [-0.39, 0.29) is 74.2 Å². The summed E-state index contributed by atoms with van der Waals surface area (Å²) in [4.78, 5) is 56.3. The number of aromatic nitrogens is 1. The summed E-state index contributed by atoms with van der Waals surface area (Å²) in [6, 6.07) is -3.75. The van der Waals surface area contributed by atoms with Gasteiger partial charge in [-0.05, 0) is 13.8 Å². The predicted octanol–water partition coefficient (Wildman–Crippen LogP) is -9.69. The molecule has 170 valence electrons. The van der Waals surface area contributed by atoms with Crippen LogP contribution in [0.5, 0.6) is 0 Å². The monoisotopic (exact) mass is 523 g/mol. The summed E-state index contributed by atoms with van der Waals surface area (Å²) >= 11 is 0.893. The van der Waals surface area contributed by atoms with Crippen molar-refractivity contribution in [3.05, 3.63) is 11.1 Å². The molecule has 2 amide bonds. The molecule has 0 saturated carbocycles. The number of carboxylic acids is 1. The molecule has 2 heterocycles. The molecule has 1 aliphatic rings. The second kappa shape index (κ2) is 11.9. The van der Waals surface area contributed by atoms with Crippen LogP contribution in [0.2, 0.25) is 0 Å². The van der Waals surface area contributed by atoms with E-state index in [1.807, 2.05) is 5.32 Å². The van der Waals surface area contributed by atoms with Gasteiger partial charge in [0, 0.05) is 5.38 Å². The summed E-state index contributed by atoms with van der Waals surface area (Å²) in [5.41, 5.74) is 2.71. The number of hydrogen-bond donors (Lipinski definition) is 2. The first-order chi connectivity index (χ1) is 14.2. The first kappa shape index (κ1) is 31.7. The molecule has 1 saturated heterocycles. The second-order valence-electron chi connectivity index (χ2n) is 6.41. The van der Waals surface area contributed by atoms with Crippen molar-refractivity contribution in [1.29, 1.82) is 0 Å². The number of oxime groups is 1. The van der Waals surface area contributed by atoms with Gasteiger partial charge in [0.05, 0.1) is 13.1 Å². The Hall–Kier alpha value is -1.31. The van der Waals surface area contributed by atoms with Gasteiger partial charge in [0.25, 0.3) is 11.8 Å². The molecule has 33 heavy (non-hydrogen) atoms. The molecule has 0 aliphatic carbocycles. The number of methoxy groups -OCH3 is 1. The van der Waals surface area contributed by atoms with Gasteiger partial charge in [0.1, 0.15) is 11.7 Å². The van der Waals surface area contributed by atoms with Gasteiger partial charge in [-0.15, -0.1) is 11.3 Å². The van der Waals surface area contributed by atoms with E-state index >= 15 is 0 Å². The van der Waals surface area contributed by atoms with Crippen molar-refractivity contribution in [3.8, 4) is 0 Å². The van der Waals surface area contributed by atoms with Crippen LogP contribution in [-0.4, -0.2) is 76.5 Å². The molecule has 1 aromatic heterocycles. The number of rotatable bonds is 8. The number of hydrogen-bond acceptors (Lipinski definition) is 14. The van der Waals surface area contributed by atoms with Crippen LogP contribution in [-0.2, 0) is 39.1 Å². The smallest absolute Gasteiger partial charge is 0.731 e. The topological polar surface area (TPSA) is 234 Å². The molecule has 0 radical (unpaired) electrons. The number of β-lactam (4-membered cyclic amide) rings is 1. The number of carbonyl (C=O) groups excluding carboxylic acids is 4. The maximum absolute atomic E-state index is 12.7. The van der Waals surface area contributed by atoms with E-state index in [9.17, 15) is 37.3 Å². The van der Waals surface area contributed by atoms with Crippen LogP contribution < -0.4 is 75.3 Å². The number of nitrogens with zero attached hydrogens (tertiary/aromatic N) is 3. The fraction of sp³-hybridized carbons (Fsp3) is 0.429. The Bertz CT molecular complexity index is 1070. The van der Waals surface area contributed by atoms with Crippen LogP contribution in [0.3, 0.4) is 0 Å². The largest absolute Gasteiger partial charge is 1.00 e. The Labute approximate surface area is 235 Å². The zero-order valence-electron chi connectivity index (χ0n) is 18.1. The summed E-state index contributed by atoms with van der Waals surface area (Å²) in [6.07, 6.45) is 0. The molecule has 2 atom stereocenters. The average Bonchev–Trinajstić information content (AvgIpc) is 3.07. The third-order valence-electron chi connectivity index (χ3n) is 3.86. The number of aliphatic carboxylic acids is 1.